The van der Waals surface area contributed by atoms with E-state index in [1.54, 1.807) is 4.90 Å². The molecule has 0 unspecified atom stereocenters. The third-order valence-electron chi connectivity index (χ3n) is 4.84. The number of carbonyl (C=O) groups is 2. The minimum atomic E-state index is -0.622. The van der Waals surface area contributed by atoms with E-state index >= 15 is 0 Å². The monoisotopic (exact) mass is 326 g/mol. The number of nitrogens with zero attached hydrogens (tertiary/aromatic N) is 1. The van der Waals surface area contributed by atoms with Crippen LogP contribution in [0.25, 0.3) is 11.1 Å². The molecule has 1 heterocycles. The normalized spacial score (nSPS) is 16.3. The van der Waals surface area contributed by atoms with Crippen molar-refractivity contribution in [2.45, 2.75) is 20.3 Å². The minimum absolute atomic E-state index is 0.185. The lowest BCUT2D eigenvalue weighted by atomic mass is 9.90. The number of primary amides is 1. The van der Waals surface area contributed by atoms with Crippen LogP contribution in [-0.2, 0) is 11.2 Å². The molecule has 0 saturated heterocycles. The van der Waals surface area contributed by atoms with Gasteiger partial charge in [0, 0.05) is 24.2 Å². The van der Waals surface area contributed by atoms with Crippen molar-refractivity contribution in [1.82, 2.24) is 4.90 Å². The second-order valence-corrected chi connectivity index (χ2v) is 6.23. The molecular formula is C19H19FN2O2. The van der Waals surface area contributed by atoms with Crippen molar-refractivity contribution in [3.05, 3.63) is 58.4 Å². The Balaban J connectivity index is 2.14. The number of rotatable bonds is 3. The molecule has 2 amide bonds. The molecule has 2 N–H and O–H groups in total. The summed E-state index contributed by atoms with van der Waals surface area (Å²) in [5.41, 5.74) is 10.5. The Morgan fingerprint density at radius 2 is 2.04 bits per heavy atom. The van der Waals surface area contributed by atoms with E-state index in [1.165, 1.54) is 12.1 Å². The summed E-state index contributed by atoms with van der Waals surface area (Å²) in [5, 5.41) is 0. The molecule has 4 nitrogen and oxygen atoms in total. The van der Waals surface area contributed by atoms with Crippen LogP contribution in [-0.4, -0.2) is 29.8 Å². The van der Waals surface area contributed by atoms with Crippen molar-refractivity contribution in [3.63, 3.8) is 0 Å². The zero-order valence-corrected chi connectivity index (χ0v) is 13.8. The number of hydrogen-bond donors (Lipinski definition) is 1. The van der Waals surface area contributed by atoms with Crippen molar-refractivity contribution < 1.29 is 14.0 Å². The van der Waals surface area contributed by atoms with Gasteiger partial charge in [0.05, 0.1) is 0 Å². The summed E-state index contributed by atoms with van der Waals surface area (Å²) in [4.78, 5) is 25.1. The second kappa shape index (κ2) is 5.74. The van der Waals surface area contributed by atoms with E-state index in [0.717, 1.165) is 27.8 Å². The van der Waals surface area contributed by atoms with Crippen LogP contribution in [0.5, 0.6) is 0 Å². The zero-order chi connectivity index (χ0) is 17.6. The number of hydrogen-bond acceptors (Lipinski definition) is 2. The number of benzene rings is 1. The summed E-state index contributed by atoms with van der Waals surface area (Å²) in [6.07, 6.45) is 3.70. The molecule has 0 saturated carbocycles. The summed E-state index contributed by atoms with van der Waals surface area (Å²) < 4.78 is 14.8. The fraction of sp³-hybridized carbons (Fsp3) is 0.263. The highest BCUT2D eigenvalue weighted by atomic mass is 19.1. The number of amides is 2. The third-order valence-corrected chi connectivity index (χ3v) is 4.84. The lowest BCUT2D eigenvalue weighted by Gasteiger charge is -2.18. The van der Waals surface area contributed by atoms with Gasteiger partial charge in [0.25, 0.3) is 0 Å². The van der Waals surface area contributed by atoms with E-state index in [-0.39, 0.29) is 11.5 Å². The van der Waals surface area contributed by atoms with Crippen LogP contribution in [0.4, 0.5) is 4.39 Å². The van der Waals surface area contributed by atoms with Crippen LogP contribution >= 0.6 is 0 Å². The maximum Gasteiger partial charge on any atom is 0.249 e. The van der Waals surface area contributed by atoms with Gasteiger partial charge in [-0.15, -0.1) is 0 Å². The fourth-order valence-corrected chi connectivity index (χ4v) is 3.47. The molecule has 0 bridgehead atoms. The van der Waals surface area contributed by atoms with Crippen LogP contribution in [0.15, 0.2) is 30.4 Å². The van der Waals surface area contributed by atoms with Gasteiger partial charge in [0.1, 0.15) is 5.82 Å². The van der Waals surface area contributed by atoms with Crippen LogP contribution in [0.1, 0.15) is 40.9 Å². The molecule has 0 fully saturated rings. The number of carbonyl (C=O) groups excluding carboxylic acids is 2. The number of allylic oxidation sites excluding steroid dienone is 2. The Kier molecular flexibility index (Phi) is 3.87. The molecule has 0 spiro atoms. The summed E-state index contributed by atoms with van der Waals surface area (Å²) in [7, 11) is 0. The van der Waals surface area contributed by atoms with E-state index in [2.05, 4.69) is 6.58 Å². The van der Waals surface area contributed by atoms with Crippen molar-refractivity contribution in [2.75, 3.05) is 13.1 Å². The first-order valence-corrected chi connectivity index (χ1v) is 7.77. The van der Waals surface area contributed by atoms with Gasteiger partial charge in [-0.25, -0.2) is 4.39 Å². The number of nitrogens with two attached hydrogens (primary N) is 1. The molecule has 3 rings (SSSR count). The Bertz CT molecular complexity index is 849. The van der Waals surface area contributed by atoms with Crippen LogP contribution in [0.2, 0.25) is 0 Å². The highest BCUT2D eigenvalue weighted by Crippen LogP contribution is 2.41. The van der Waals surface area contributed by atoms with Gasteiger partial charge in [0.2, 0.25) is 11.8 Å². The molecule has 124 valence electrons. The quantitative estimate of drug-likeness (QED) is 0.868. The van der Waals surface area contributed by atoms with E-state index in [1.807, 2.05) is 19.9 Å². The first-order valence-electron chi connectivity index (χ1n) is 7.77. The molecule has 0 aromatic heterocycles. The molecule has 0 atom stereocenters. The van der Waals surface area contributed by atoms with Crippen LogP contribution in [0.3, 0.4) is 0 Å². The Morgan fingerprint density at radius 3 is 2.67 bits per heavy atom. The van der Waals surface area contributed by atoms with Gasteiger partial charge in [-0.2, -0.15) is 0 Å². The molecular weight excluding hydrogens is 307 g/mol. The molecule has 1 aromatic rings. The van der Waals surface area contributed by atoms with E-state index in [4.69, 9.17) is 5.73 Å². The maximum atomic E-state index is 14.8. The average molecular weight is 326 g/mol. The Labute approximate surface area is 140 Å². The average Bonchev–Trinajstić information content (AvgIpc) is 3.13. The minimum Gasteiger partial charge on any atom is -0.366 e. The van der Waals surface area contributed by atoms with Gasteiger partial charge >= 0.3 is 0 Å². The predicted molar refractivity (Wildman–Crippen MR) is 91.6 cm³/mol. The van der Waals surface area contributed by atoms with Gasteiger partial charge in [-0.3, -0.25) is 9.59 Å². The molecule has 5 heteroatoms. The standard InChI is InChI=1S/C19H19FN2O2/c1-4-16(23)22-6-5-12(9-22)18-15(20)8-14(19(21)24)13-7-10(2)11(3)17(13)18/h4-5,8H,1,6-7,9H2,2-3H3,(H2,21,24). The smallest absolute Gasteiger partial charge is 0.249 e. The van der Waals surface area contributed by atoms with Crippen molar-refractivity contribution in [3.8, 4) is 0 Å². The fourth-order valence-electron chi connectivity index (χ4n) is 3.47. The second-order valence-electron chi connectivity index (χ2n) is 6.23. The maximum absolute atomic E-state index is 14.8. The first kappa shape index (κ1) is 16.2. The SMILES string of the molecule is C=CC(=O)N1CC=C(c2c(F)cc(C(N)=O)c3c2C(C)=C(C)C3)C1. The molecule has 1 aliphatic carbocycles. The van der Waals surface area contributed by atoms with E-state index in [9.17, 15) is 14.0 Å². The molecule has 0 radical (unpaired) electrons. The summed E-state index contributed by atoms with van der Waals surface area (Å²) >= 11 is 0. The van der Waals surface area contributed by atoms with Crippen LogP contribution < -0.4 is 5.73 Å². The highest BCUT2D eigenvalue weighted by Gasteiger charge is 2.30. The van der Waals surface area contributed by atoms with Gasteiger partial charge < -0.3 is 10.6 Å². The Hall–Kier alpha value is -2.69. The Morgan fingerprint density at radius 1 is 1.33 bits per heavy atom. The lowest BCUT2D eigenvalue weighted by Crippen LogP contribution is -2.27. The third kappa shape index (κ3) is 2.37. The number of halogens is 1. The van der Waals surface area contributed by atoms with Crippen molar-refractivity contribution >= 4 is 23.0 Å². The zero-order valence-electron chi connectivity index (χ0n) is 13.8. The van der Waals surface area contributed by atoms with Gasteiger partial charge in [-0.1, -0.05) is 18.2 Å². The van der Waals surface area contributed by atoms with E-state index in [0.29, 0.717) is 25.1 Å². The molecule has 2 aliphatic rings. The van der Waals surface area contributed by atoms with Crippen LogP contribution in [0, 0.1) is 5.82 Å². The van der Waals surface area contributed by atoms with Gasteiger partial charge in [-0.05, 0) is 54.7 Å². The highest BCUT2D eigenvalue weighted by molar-refractivity contribution is 5.99. The molecule has 24 heavy (non-hydrogen) atoms. The lowest BCUT2D eigenvalue weighted by molar-refractivity contribution is -0.124. The number of fused-ring (bicyclic) bond motifs is 1. The first-order chi connectivity index (χ1) is 11.3. The van der Waals surface area contributed by atoms with Crippen molar-refractivity contribution in [2.24, 2.45) is 5.73 Å². The summed E-state index contributed by atoms with van der Waals surface area (Å²) in [6.45, 7) is 8.14. The van der Waals surface area contributed by atoms with E-state index < -0.39 is 11.7 Å². The topological polar surface area (TPSA) is 63.4 Å². The summed E-state index contributed by atoms with van der Waals surface area (Å²) in [6, 6.07) is 1.22. The molecule has 1 aliphatic heterocycles. The van der Waals surface area contributed by atoms with Crippen molar-refractivity contribution in [1.29, 1.82) is 0 Å². The predicted octanol–water partition coefficient (Wildman–Crippen LogP) is 2.69. The van der Waals surface area contributed by atoms with Gasteiger partial charge in [0.15, 0.2) is 0 Å². The summed E-state index contributed by atoms with van der Waals surface area (Å²) in [5.74, 6) is -1.28. The largest absolute Gasteiger partial charge is 0.366 e. The molecule has 1 aromatic carbocycles.